The van der Waals surface area contributed by atoms with Crippen LogP contribution < -0.4 is 11.2 Å². The van der Waals surface area contributed by atoms with Crippen LogP contribution in [0.5, 0.6) is 0 Å². The third-order valence-corrected chi connectivity index (χ3v) is 3.06. The molecule has 1 N–H and O–H groups in total. The predicted molar refractivity (Wildman–Crippen MR) is 82.6 cm³/mol. The van der Waals surface area contributed by atoms with E-state index >= 15 is 0 Å². The highest BCUT2D eigenvalue weighted by molar-refractivity contribution is 5.79. The summed E-state index contributed by atoms with van der Waals surface area (Å²) in [5.41, 5.74) is 5.49. The second kappa shape index (κ2) is 6.04. The Hall–Kier alpha value is -3.22. The van der Waals surface area contributed by atoms with Gasteiger partial charge in [0, 0.05) is 25.0 Å². The highest BCUT2D eigenvalue weighted by Gasteiger charge is 2.08. The van der Waals surface area contributed by atoms with Crippen molar-refractivity contribution in [3.05, 3.63) is 64.9 Å². The molecule has 0 aliphatic rings. The minimum Gasteiger partial charge on any atom is -0.295 e. The van der Waals surface area contributed by atoms with Crippen LogP contribution in [0.2, 0.25) is 0 Å². The minimum atomic E-state index is -0.487. The van der Waals surface area contributed by atoms with Crippen molar-refractivity contribution in [3.8, 4) is 11.4 Å². The summed E-state index contributed by atoms with van der Waals surface area (Å²) in [6.07, 6.45) is 5.12. The van der Waals surface area contributed by atoms with Crippen molar-refractivity contribution in [1.29, 1.82) is 0 Å². The molecule has 0 radical (unpaired) electrons. The molecule has 7 nitrogen and oxygen atoms in total. The number of pyridine rings is 1. The van der Waals surface area contributed by atoms with E-state index in [1.54, 1.807) is 25.7 Å². The molecule has 0 spiro atoms. The van der Waals surface area contributed by atoms with Crippen LogP contribution in [0.4, 0.5) is 5.69 Å². The van der Waals surface area contributed by atoms with Gasteiger partial charge >= 0.3 is 5.76 Å². The maximum absolute atomic E-state index is 11.3. The third kappa shape index (κ3) is 2.93. The summed E-state index contributed by atoms with van der Waals surface area (Å²) in [4.78, 5) is 15.2. The number of nitrogens with one attached hydrogen (secondary N) is 1. The lowest BCUT2D eigenvalue weighted by Gasteiger charge is -2.02. The summed E-state index contributed by atoms with van der Waals surface area (Å²) < 4.78 is 5.96. The molecule has 0 saturated heterocycles. The van der Waals surface area contributed by atoms with Crippen LogP contribution >= 0.6 is 0 Å². The fourth-order valence-electron chi connectivity index (χ4n) is 1.86. The Kier molecular flexibility index (Phi) is 3.78. The number of hydrazone groups is 1. The molecule has 0 aliphatic carbocycles. The molecule has 7 heteroatoms. The highest BCUT2D eigenvalue weighted by atomic mass is 16.5. The first-order valence-corrected chi connectivity index (χ1v) is 6.56. The number of hydrogen-bond donors (Lipinski definition) is 1. The van der Waals surface area contributed by atoms with Crippen LogP contribution in [0.25, 0.3) is 11.4 Å². The van der Waals surface area contributed by atoms with Gasteiger partial charge in [0.15, 0.2) is 5.82 Å². The van der Waals surface area contributed by atoms with Crippen LogP contribution in [0.1, 0.15) is 5.56 Å². The molecule has 0 atom stereocenters. The van der Waals surface area contributed by atoms with Gasteiger partial charge in [-0.3, -0.25) is 19.5 Å². The summed E-state index contributed by atoms with van der Waals surface area (Å²) in [7, 11) is 1.61. The molecule has 0 fully saturated rings. The first-order valence-electron chi connectivity index (χ1n) is 6.56. The molecule has 2 aromatic heterocycles. The number of hydrogen-bond acceptors (Lipinski definition) is 6. The lowest BCUT2D eigenvalue weighted by molar-refractivity contribution is 0.380. The van der Waals surface area contributed by atoms with Gasteiger partial charge in [0.05, 0.1) is 11.9 Å². The van der Waals surface area contributed by atoms with Crippen LogP contribution in [0, 0.1) is 0 Å². The number of rotatable bonds is 4. The SMILES string of the molecule is Cn1c(-c2ccc(NN=Cc3ccncc3)cc2)noc1=O. The molecule has 22 heavy (non-hydrogen) atoms. The molecule has 0 amide bonds. The zero-order chi connectivity index (χ0) is 15.4. The van der Waals surface area contributed by atoms with E-state index in [0.717, 1.165) is 16.8 Å². The zero-order valence-electron chi connectivity index (χ0n) is 11.8. The normalized spacial score (nSPS) is 11.0. The predicted octanol–water partition coefficient (Wildman–Crippen LogP) is 1.88. The average molecular weight is 295 g/mol. The van der Waals surface area contributed by atoms with Crippen molar-refractivity contribution in [2.24, 2.45) is 12.1 Å². The standard InChI is InChI=1S/C15H13N5O2/c1-20-14(19-22-15(20)21)12-2-4-13(5-3-12)18-17-10-11-6-8-16-9-7-11/h2-10,18H,1H3. The minimum absolute atomic E-state index is 0.483. The topological polar surface area (TPSA) is 85.3 Å². The first kappa shape index (κ1) is 13.7. The van der Waals surface area contributed by atoms with Crippen molar-refractivity contribution in [3.63, 3.8) is 0 Å². The Morgan fingerprint density at radius 3 is 2.55 bits per heavy atom. The van der Waals surface area contributed by atoms with E-state index in [0.29, 0.717) is 5.82 Å². The van der Waals surface area contributed by atoms with E-state index in [-0.39, 0.29) is 0 Å². The lowest BCUT2D eigenvalue weighted by atomic mass is 10.2. The number of nitrogens with zero attached hydrogens (tertiary/aromatic N) is 4. The monoisotopic (exact) mass is 295 g/mol. The summed E-state index contributed by atoms with van der Waals surface area (Å²) in [5, 5.41) is 7.88. The Morgan fingerprint density at radius 2 is 1.91 bits per heavy atom. The van der Waals surface area contributed by atoms with E-state index < -0.39 is 5.76 Å². The molecular formula is C15H13N5O2. The molecule has 3 aromatic rings. The van der Waals surface area contributed by atoms with Gasteiger partial charge in [-0.25, -0.2) is 4.79 Å². The van der Waals surface area contributed by atoms with Crippen molar-refractivity contribution >= 4 is 11.9 Å². The van der Waals surface area contributed by atoms with Gasteiger partial charge < -0.3 is 0 Å². The molecule has 0 aliphatic heterocycles. The Labute approximate surface area is 125 Å². The van der Waals surface area contributed by atoms with E-state index in [4.69, 9.17) is 0 Å². The molecule has 110 valence electrons. The van der Waals surface area contributed by atoms with Crippen LogP contribution in [0.15, 0.2) is 63.2 Å². The van der Waals surface area contributed by atoms with Crippen molar-refractivity contribution in [2.75, 3.05) is 5.43 Å². The quantitative estimate of drug-likeness (QED) is 0.586. The van der Waals surface area contributed by atoms with Crippen LogP contribution in [0.3, 0.4) is 0 Å². The average Bonchev–Trinajstić information content (AvgIpc) is 2.89. The van der Waals surface area contributed by atoms with Crippen molar-refractivity contribution in [2.45, 2.75) is 0 Å². The summed E-state index contributed by atoms with van der Waals surface area (Å²) in [6.45, 7) is 0. The van der Waals surface area contributed by atoms with Gasteiger partial charge in [-0.1, -0.05) is 5.16 Å². The molecular weight excluding hydrogens is 282 g/mol. The van der Waals surface area contributed by atoms with Gasteiger partial charge in [-0.2, -0.15) is 5.10 Å². The summed E-state index contributed by atoms with van der Waals surface area (Å²) in [6, 6.07) is 11.1. The number of anilines is 1. The molecule has 2 heterocycles. The summed E-state index contributed by atoms with van der Waals surface area (Å²) in [5.74, 6) is -0.00371. The van der Waals surface area contributed by atoms with Crippen LogP contribution in [-0.4, -0.2) is 20.9 Å². The van der Waals surface area contributed by atoms with Crippen molar-refractivity contribution in [1.82, 2.24) is 14.7 Å². The van der Waals surface area contributed by atoms with Crippen LogP contribution in [-0.2, 0) is 7.05 Å². The lowest BCUT2D eigenvalue weighted by Crippen LogP contribution is -2.10. The number of benzene rings is 1. The van der Waals surface area contributed by atoms with E-state index in [2.05, 4.69) is 25.2 Å². The Morgan fingerprint density at radius 1 is 1.18 bits per heavy atom. The van der Waals surface area contributed by atoms with Gasteiger partial charge in [0.1, 0.15) is 0 Å². The molecule has 0 bridgehead atoms. The first-order chi connectivity index (χ1) is 10.7. The van der Waals surface area contributed by atoms with Gasteiger partial charge in [0.2, 0.25) is 0 Å². The largest absolute Gasteiger partial charge is 0.441 e. The Balaban J connectivity index is 1.71. The van der Waals surface area contributed by atoms with E-state index in [1.165, 1.54) is 4.57 Å². The molecule has 1 aromatic carbocycles. The van der Waals surface area contributed by atoms with Gasteiger partial charge in [-0.15, -0.1) is 0 Å². The third-order valence-electron chi connectivity index (χ3n) is 3.06. The van der Waals surface area contributed by atoms with Crippen molar-refractivity contribution < 1.29 is 4.52 Å². The number of aromatic nitrogens is 3. The fourth-order valence-corrected chi connectivity index (χ4v) is 1.86. The maximum Gasteiger partial charge on any atom is 0.441 e. The maximum atomic E-state index is 11.3. The smallest absolute Gasteiger partial charge is 0.295 e. The van der Waals surface area contributed by atoms with Gasteiger partial charge in [0.25, 0.3) is 0 Å². The molecule has 3 rings (SSSR count). The highest BCUT2D eigenvalue weighted by Crippen LogP contribution is 2.18. The molecule has 0 unspecified atom stereocenters. The van der Waals surface area contributed by atoms with E-state index in [9.17, 15) is 4.79 Å². The van der Waals surface area contributed by atoms with E-state index in [1.807, 2.05) is 36.4 Å². The zero-order valence-corrected chi connectivity index (χ0v) is 11.8. The summed E-state index contributed by atoms with van der Waals surface area (Å²) >= 11 is 0. The second-order valence-electron chi connectivity index (χ2n) is 4.56. The Bertz CT molecular complexity index is 834. The second-order valence-corrected chi connectivity index (χ2v) is 4.56. The molecule has 0 saturated carbocycles. The van der Waals surface area contributed by atoms with Gasteiger partial charge in [-0.05, 0) is 42.0 Å². The fraction of sp³-hybridized carbons (Fsp3) is 0.0667.